The van der Waals surface area contributed by atoms with E-state index in [9.17, 15) is 17.6 Å². The van der Waals surface area contributed by atoms with Crippen LogP contribution in [0.3, 0.4) is 0 Å². The fourth-order valence-corrected chi connectivity index (χ4v) is 2.41. The van der Waals surface area contributed by atoms with Gasteiger partial charge in [-0.2, -0.15) is 0 Å². The number of carbonyl (C=O) groups is 1. The van der Waals surface area contributed by atoms with Crippen LogP contribution >= 0.6 is 11.8 Å². The molecule has 0 spiro atoms. The number of rotatable bonds is 5. The van der Waals surface area contributed by atoms with Crippen molar-refractivity contribution in [3.8, 4) is 0 Å². The molecule has 0 aliphatic rings. The predicted octanol–water partition coefficient (Wildman–Crippen LogP) is 1.04. The second kappa shape index (κ2) is 5.48. The van der Waals surface area contributed by atoms with E-state index in [1.807, 2.05) is 0 Å². The lowest BCUT2D eigenvalue weighted by Gasteiger charge is -2.03. The molecule has 17 heavy (non-hydrogen) atoms. The molecule has 0 heterocycles. The maximum atomic E-state index is 13.4. The average molecular weight is 279 g/mol. The van der Waals surface area contributed by atoms with Crippen LogP contribution in [0, 0.1) is 5.82 Å². The summed E-state index contributed by atoms with van der Waals surface area (Å²) in [6, 6.07) is 3.27. The summed E-state index contributed by atoms with van der Waals surface area (Å²) in [6.45, 7) is 0. The molecule has 94 valence electrons. The first-order chi connectivity index (χ1) is 7.80. The topological polar surface area (TPSA) is 97.5 Å². The maximum Gasteiger partial charge on any atom is 0.304 e. The Bertz CT molecular complexity index is 530. The number of benzene rings is 1. The minimum absolute atomic E-state index is 0.0962. The summed E-state index contributed by atoms with van der Waals surface area (Å²) in [5.74, 6) is -1.49. The molecule has 0 unspecified atom stereocenters. The molecule has 0 fully saturated rings. The molecule has 0 aliphatic carbocycles. The van der Waals surface area contributed by atoms with Crippen LogP contribution in [0.15, 0.2) is 28.0 Å². The quantitative estimate of drug-likeness (QED) is 0.785. The Morgan fingerprint density at radius 3 is 2.59 bits per heavy atom. The number of primary sulfonamides is 1. The second-order valence-corrected chi connectivity index (χ2v) is 5.83. The van der Waals surface area contributed by atoms with Gasteiger partial charge in [-0.15, -0.1) is 11.8 Å². The zero-order chi connectivity index (χ0) is 13.1. The van der Waals surface area contributed by atoms with Crippen molar-refractivity contribution in [1.29, 1.82) is 0 Å². The Balaban J connectivity index is 2.80. The largest absolute Gasteiger partial charge is 0.481 e. The van der Waals surface area contributed by atoms with Crippen molar-refractivity contribution in [1.82, 2.24) is 0 Å². The van der Waals surface area contributed by atoms with Crippen LogP contribution in [0.25, 0.3) is 0 Å². The first kappa shape index (κ1) is 13.9. The van der Waals surface area contributed by atoms with Crippen molar-refractivity contribution in [2.24, 2.45) is 5.14 Å². The molecular weight excluding hydrogens is 269 g/mol. The molecule has 0 aliphatic heterocycles. The molecule has 1 rings (SSSR count). The van der Waals surface area contributed by atoms with E-state index in [0.717, 1.165) is 17.8 Å². The third-order valence-electron chi connectivity index (χ3n) is 1.81. The average Bonchev–Trinajstić information content (AvgIpc) is 2.18. The van der Waals surface area contributed by atoms with Gasteiger partial charge in [-0.3, -0.25) is 4.79 Å². The van der Waals surface area contributed by atoms with Gasteiger partial charge in [-0.05, 0) is 18.2 Å². The van der Waals surface area contributed by atoms with Crippen LogP contribution < -0.4 is 5.14 Å². The van der Waals surface area contributed by atoms with Gasteiger partial charge in [0.2, 0.25) is 10.0 Å². The highest BCUT2D eigenvalue weighted by molar-refractivity contribution is 7.99. The number of carboxylic acids is 1. The smallest absolute Gasteiger partial charge is 0.304 e. The highest BCUT2D eigenvalue weighted by Gasteiger charge is 2.12. The second-order valence-electron chi connectivity index (χ2n) is 3.13. The lowest BCUT2D eigenvalue weighted by molar-refractivity contribution is -0.136. The molecule has 0 amide bonds. The summed E-state index contributed by atoms with van der Waals surface area (Å²) >= 11 is 1.00. The standard InChI is InChI=1S/C9H10FNO4S2/c10-7-5-6(17(11,14)15)1-2-8(7)16-4-3-9(12)13/h1-2,5H,3-4H2,(H,12,13)(H2,11,14,15). The maximum absolute atomic E-state index is 13.4. The lowest BCUT2D eigenvalue weighted by atomic mass is 10.3. The van der Waals surface area contributed by atoms with Crippen molar-refractivity contribution in [3.63, 3.8) is 0 Å². The number of halogens is 1. The molecule has 5 nitrogen and oxygen atoms in total. The molecule has 0 atom stereocenters. The predicted molar refractivity (Wildman–Crippen MR) is 60.8 cm³/mol. The number of carboxylic acid groups (broad SMARTS) is 1. The van der Waals surface area contributed by atoms with E-state index in [1.165, 1.54) is 12.1 Å². The summed E-state index contributed by atoms with van der Waals surface area (Å²) in [5, 5.41) is 13.2. The number of hydrogen-bond acceptors (Lipinski definition) is 4. The molecule has 0 aromatic heterocycles. The van der Waals surface area contributed by atoms with Gasteiger partial charge >= 0.3 is 5.97 Å². The molecule has 1 aromatic rings. The molecule has 0 saturated heterocycles. The van der Waals surface area contributed by atoms with Gasteiger partial charge in [-0.1, -0.05) is 0 Å². The van der Waals surface area contributed by atoms with Crippen molar-refractivity contribution in [3.05, 3.63) is 24.0 Å². The van der Waals surface area contributed by atoms with Gasteiger partial charge in [0, 0.05) is 10.6 Å². The van der Waals surface area contributed by atoms with E-state index in [1.54, 1.807) is 0 Å². The highest BCUT2D eigenvalue weighted by atomic mass is 32.2. The fourth-order valence-electron chi connectivity index (χ4n) is 1.02. The van der Waals surface area contributed by atoms with Gasteiger partial charge in [0.1, 0.15) is 5.82 Å². The van der Waals surface area contributed by atoms with Gasteiger partial charge in [-0.25, -0.2) is 17.9 Å². The first-order valence-electron chi connectivity index (χ1n) is 4.47. The van der Waals surface area contributed by atoms with Gasteiger partial charge in [0.15, 0.2) is 0 Å². The number of aliphatic carboxylic acids is 1. The summed E-state index contributed by atoms with van der Waals surface area (Å²) in [7, 11) is -3.92. The van der Waals surface area contributed by atoms with E-state index in [0.29, 0.717) is 0 Å². The Morgan fingerprint density at radius 1 is 1.47 bits per heavy atom. The monoisotopic (exact) mass is 279 g/mol. The van der Waals surface area contributed by atoms with E-state index in [-0.39, 0.29) is 22.0 Å². The minimum Gasteiger partial charge on any atom is -0.481 e. The zero-order valence-corrected chi connectivity index (χ0v) is 10.2. The van der Waals surface area contributed by atoms with Crippen molar-refractivity contribution >= 4 is 27.8 Å². The van der Waals surface area contributed by atoms with Crippen LogP contribution in [0.1, 0.15) is 6.42 Å². The van der Waals surface area contributed by atoms with Crippen LogP contribution in [-0.2, 0) is 14.8 Å². The van der Waals surface area contributed by atoms with E-state index < -0.39 is 21.8 Å². The summed E-state index contributed by atoms with van der Waals surface area (Å²) in [6.07, 6.45) is -0.0962. The Labute approximate surface area is 102 Å². The Kier molecular flexibility index (Phi) is 4.49. The number of sulfonamides is 1. The van der Waals surface area contributed by atoms with Gasteiger partial charge in [0.25, 0.3) is 0 Å². The SMILES string of the molecule is NS(=O)(=O)c1ccc(SCCC(=O)O)c(F)c1. The molecule has 1 aromatic carbocycles. The highest BCUT2D eigenvalue weighted by Crippen LogP contribution is 2.24. The normalized spacial score (nSPS) is 11.4. The lowest BCUT2D eigenvalue weighted by Crippen LogP contribution is -2.12. The summed E-state index contributed by atoms with van der Waals surface area (Å²) < 4.78 is 35.3. The summed E-state index contributed by atoms with van der Waals surface area (Å²) in [4.78, 5) is 10.1. The minimum atomic E-state index is -3.92. The Hall–Kier alpha value is -1.12. The number of hydrogen-bond donors (Lipinski definition) is 2. The third-order valence-corrected chi connectivity index (χ3v) is 3.77. The third kappa shape index (κ3) is 4.33. The molecular formula is C9H10FNO4S2. The molecule has 3 N–H and O–H groups in total. The first-order valence-corrected chi connectivity index (χ1v) is 7.01. The summed E-state index contributed by atoms with van der Waals surface area (Å²) in [5.41, 5.74) is 0. The van der Waals surface area contributed by atoms with Gasteiger partial charge in [0.05, 0.1) is 11.3 Å². The van der Waals surface area contributed by atoms with Crippen LogP contribution in [0.2, 0.25) is 0 Å². The van der Waals surface area contributed by atoms with E-state index in [4.69, 9.17) is 10.2 Å². The zero-order valence-electron chi connectivity index (χ0n) is 8.59. The van der Waals surface area contributed by atoms with E-state index >= 15 is 0 Å². The van der Waals surface area contributed by atoms with Crippen molar-refractivity contribution < 1.29 is 22.7 Å². The molecule has 8 heteroatoms. The van der Waals surface area contributed by atoms with E-state index in [2.05, 4.69) is 0 Å². The molecule has 0 saturated carbocycles. The van der Waals surface area contributed by atoms with Gasteiger partial charge < -0.3 is 5.11 Å². The van der Waals surface area contributed by atoms with Crippen molar-refractivity contribution in [2.75, 3.05) is 5.75 Å². The Morgan fingerprint density at radius 2 is 2.12 bits per heavy atom. The fraction of sp³-hybridized carbons (Fsp3) is 0.222. The molecule has 0 bridgehead atoms. The van der Waals surface area contributed by atoms with Crippen LogP contribution in [0.5, 0.6) is 0 Å². The molecule has 0 radical (unpaired) electrons. The van der Waals surface area contributed by atoms with Crippen LogP contribution in [-0.4, -0.2) is 25.2 Å². The van der Waals surface area contributed by atoms with Crippen LogP contribution in [0.4, 0.5) is 4.39 Å². The van der Waals surface area contributed by atoms with Crippen molar-refractivity contribution in [2.45, 2.75) is 16.2 Å². The number of nitrogens with two attached hydrogens (primary N) is 1. The number of thioether (sulfide) groups is 1.